The van der Waals surface area contributed by atoms with Crippen molar-refractivity contribution in [1.82, 2.24) is 10.0 Å². The zero-order valence-corrected chi connectivity index (χ0v) is 13.1. The molecule has 1 atom stereocenters. The van der Waals surface area contributed by atoms with Gasteiger partial charge in [-0.1, -0.05) is 46.5 Å². The SMILES string of the molecule is CCCCCN(C(CC)CCCC)N(C)C1CC1. The Balaban J connectivity index is 2.48. The lowest BCUT2D eigenvalue weighted by Crippen LogP contribution is -2.48. The Kier molecular flexibility index (Phi) is 7.92. The highest BCUT2D eigenvalue weighted by Gasteiger charge is 2.32. The smallest absolute Gasteiger partial charge is 0.0244 e. The van der Waals surface area contributed by atoms with Gasteiger partial charge in [0.05, 0.1) is 0 Å². The van der Waals surface area contributed by atoms with E-state index in [1.807, 2.05) is 0 Å². The first-order chi connectivity index (χ1) is 8.74. The van der Waals surface area contributed by atoms with Gasteiger partial charge in [0, 0.05) is 25.7 Å². The molecule has 0 heterocycles. The fourth-order valence-electron chi connectivity index (χ4n) is 2.78. The standard InChI is InChI=1S/C16H34N2/c1-5-8-10-14-18(17(4)16-12-13-16)15(7-3)11-9-6-2/h15-16H,5-14H2,1-4H3. The van der Waals surface area contributed by atoms with Gasteiger partial charge in [0.2, 0.25) is 0 Å². The van der Waals surface area contributed by atoms with Gasteiger partial charge in [-0.2, -0.15) is 0 Å². The number of unbranched alkanes of at least 4 members (excludes halogenated alkanes) is 3. The lowest BCUT2D eigenvalue weighted by molar-refractivity contribution is -0.0527. The molecule has 0 spiro atoms. The van der Waals surface area contributed by atoms with E-state index in [9.17, 15) is 0 Å². The molecule has 0 radical (unpaired) electrons. The third-order valence-electron chi connectivity index (χ3n) is 4.25. The van der Waals surface area contributed by atoms with Crippen LogP contribution in [-0.4, -0.2) is 35.7 Å². The minimum atomic E-state index is 0.771. The van der Waals surface area contributed by atoms with E-state index in [0.717, 1.165) is 12.1 Å². The molecule has 1 fully saturated rings. The summed E-state index contributed by atoms with van der Waals surface area (Å²) in [5.74, 6) is 0. The van der Waals surface area contributed by atoms with Crippen LogP contribution in [-0.2, 0) is 0 Å². The minimum Gasteiger partial charge on any atom is -0.242 e. The van der Waals surface area contributed by atoms with Crippen molar-refractivity contribution < 1.29 is 0 Å². The van der Waals surface area contributed by atoms with Crippen LogP contribution in [0.25, 0.3) is 0 Å². The molecule has 0 bridgehead atoms. The second-order valence-corrected chi connectivity index (χ2v) is 5.88. The summed E-state index contributed by atoms with van der Waals surface area (Å²) < 4.78 is 0. The molecule has 0 aliphatic heterocycles. The van der Waals surface area contributed by atoms with Gasteiger partial charge in [-0.25, -0.2) is 10.0 Å². The number of hydrogen-bond acceptors (Lipinski definition) is 2. The quantitative estimate of drug-likeness (QED) is 0.397. The zero-order chi connectivity index (χ0) is 13.4. The summed E-state index contributed by atoms with van der Waals surface area (Å²) in [5.41, 5.74) is 0. The number of rotatable bonds is 11. The Morgan fingerprint density at radius 2 is 1.67 bits per heavy atom. The Labute approximate surface area is 115 Å². The lowest BCUT2D eigenvalue weighted by atomic mass is 10.1. The van der Waals surface area contributed by atoms with E-state index < -0.39 is 0 Å². The topological polar surface area (TPSA) is 6.48 Å². The van der Waals surface area contributed by atoms with E-state index in [4.69, 9.17) is 0 Å². The largest absolute Gasteiger partial charge is 0.242 e. The summed E-state index contributed by atoms with van der Waals surface area (Å²) in [6.45, 7) is 8.22. The number of nitrogens with zero attached hydrogens (tertiary/aromatic N) is 2. The van der Waals surface area contributed by atoms with Crippen molar-refractivity contribution in [2.75, 3.05) is 13.6 Å². The molecule has 2 heteroatoms. The van der Waals surface area contributed by atoms with Crippen LogP contribution in [0.3, 0.4) is 0 Å². The summed E-state index contributed by atoms with van der Waals surface area (Å²) in [5, 5.41) is 5.27. The van der Waals surface area contributed by atoms with Crippen molar-refractivity contribution in [3.63, 3.8) is 0 Å². The van der Waals surface area contributed by atoms with Crippen molar-refractivity contribution in [3.8, 4) is 0 Å². The maximum atomic E-state index is 2.70. The Bertz CT molecular complexity index is 201. The van der Waals surface area contributed by atoms with E-state index in [1.54, 1.807) is 0 Å². The molecule has 1 aliphatic carbocycles. The van der Waals surface area contributed by atoms with Gasteiger partial charge in [0.25, 0.3) is 0 Å². The predicted molar refractivity (Wildman–Crippen MR) is 80.6 cm³/mol. The first kappa shape index (κ1) is 16.0. The van der Waals surface area contributed by atoms with E-state index in [2.05, 4.69) is 37.8 Å². The lowest BCUT2D eigenvalue weighted by Gasteiger charge is -2.38. The number of hydrogen-bond donors (Lipinski definition) is 0. The average Bonchev–Trinajstić information content (AvgIpc) is 3.21. The second kappa shape index (κ2) is 8.92. The van der Waals surface area contributed by atoms with E-state index in [-0.39, 0.29) is 0 Å². The van der Waals surface area contributed by atoms with Crippen molar-refractivity contribution in [3.05, 3.63) is 0 Å². The summed E-state index contributed by atoms with van der Waals surface area (Å²) in [4.78, 5) is 0. The third-order valence-corrected chi connectivity index (χ3v) is 4.25. The highest BCUT2D eigenvalue weighted by molar-refractivity contribution is 4.83. The van der Waals surface area contributed by atoms with Gasteiger partial charge in [-0.15, -0.1) is 0 Å². The van der Waals surface area contributed by atoms with E-state index >= 15 is 0 Å². The van der Waals surface area contributed by atoms with Gasteiger partial charge in [0.1, 0.15) is 0 Å². The first-order valence-electron chi connectivity index (χ1n) is 8.23. The molecule has 0 aromatic rings. The van der Waals surface area contributed by atoms with Crippen LogP contribution in [0.5, 0.6) is 0 Å². The van der Waals surface area contributed by atoms with E-state index in [0.29, 0.717) is 0 Å². The number of hydrazine groups is 1. The summed E-state index contributed by atoms with van der Waals surface area (Å²) in [6, 6.07) is 1.62. The molecule has 108 valence electrons. The first-order valence-corrected chi connectivity index (χ1v) is 8.23. The van der Waals surface area contributed by atoms with E-state index in [1.165, 1.54) is 64.3 Å². The molecule has 0 amide bonds. The van der Waals surface area contributed by atoms with Crippen LogP contribution in [0.1, 0.15) is 78.6 Å². The highest BCUT2D eigenvalue weighted by Crippen LogP contribution is 2.29. The minimum absolute atomic E-state index is 0.771. The Morgan fingerprint density at radius 1 is 1.00 bits per heavy atom. The van der Waals surface area contributed by atoms with Crippen LogP contribution < -0.4 is 0 Å². The van der Waals surface area contributed by atoms with Gasteiger partial charge in [-0.3, -0.25) is 0 Å². The third kappa shape index (κ3) is 5.27. The predicted octanol–water partition coefficient (Wildman–Crippen LogP) is 4.46. The molecule has 18 heavy (non-hydrogen) atoms. The fraction of sp³-hybridized carbons (Fsp3) is 1.00. The van der Waals surface area contributed by atoms with Crippen LogP contribution in [0.15, 0.2) is 0 Å². The van der Waals surface area contributed by atoms with Crippen molar-refractivity contribution in [1.29, 1.82) is 0 Å². The normalized spacial score (nSPS) is 17.7. The van der Waals surface area contributed by atoms with Gasteiger partial charge in [0.15, 0.2) is 0 Å². The van der Waals surface area contributed by atoms with Crippen LogP contribution in [0.4, 0.5) is 0 Å². The summed E-state index contributed by atoms with van der Waals surface area (Å²) in [6.07, 6.45) is 12.2. The molecular weight excluding hydrogens is 220 g/mol. The molecule has 2 nitrogen and oxygen atoms in total. The molecule has 1 aliphatic rings. The second-order valence-electron chi connectivity index (χ2n) is 5.88. The molecule has 1 rings (SSSR count). The monoisotopic (exact) mass is 254 g/mol. The zero-order valence-electron chi connectivity index (χ0n) is 13.1. The highest BCUT2D eigenvalue weighted by atomic mass is 15.6. The Hall–Kier alpha value is -0.0800. The van der Waals surface area contributed by atoms with Crippen molar-refractivity contribution in [2.45, 2.75) is 90.6 Å². The molecule has 0 aromatic heterocycles. The van der Waals surface area contributed by atoms with Crippen molar-refractivity contribution >= 4 is 0 Å². The maximum absolute atomic E-state index is 2.70. The summed E-state index contributed by atoms with van der Waals surface area (Å²) >= 11 is 0. The van der Waals surface area contributed by atoms with Crippen LogP contribution in [0.2, 0.25) is 0 Å². The molecule has 1 unspecified atom stereocenters. The fourth-order valence-corrected chi connectivity index (χ4v) is 2.78. The molecule has 0 N–H and O–H groups in total. The van der Waals surface area contributed by atoms with Crippen LogP contribution in [0, 0.1) is 0 Å². The van der Waals surface area contributed by atoms with Gasteiger partial charge < -0.3 is 0 Å². The van der Waals surface area contributed by atoms with Gasteiger partial charge >= 0.3 is 0 Å². The maximum Gasteiger partial charge on any atom is 0.0244 e. The molecular formula is C16H34N2. The Morgan fingerprint density at radius 3 is 2.17 bits per heavy atom. The molecule has 0 aromatic carbocycles. The molecule has 1 saturated carbocycles. The van der Waals surface area contributed by atoms with Crippen molar-refractivity contribution in [2.24, 2.45) is 0 Å². The average molecular weight is 254 g/mol. The summed E-state index contributed by atoms with van der Waals surface area (Å²) in [7, 11) is 2.32. The molecule has 0 saturated heterocycles. The van der Waals surface area contributed by atoms with Gasteiger partial charge in [-0.05, 0) is 32.1 Å². The van der Waals surface area contributed by atoms with Crippen LogP contribution >= 0.6 is 0 Å².